The van der Waals surface area contributed by atoms with E-state index in [1.165, 1.54) is 12.1 Å². The van der Waals surface area contributed by atoms with E-state index in [1.807, 2.05) is 13.8 Å². The summed E-state index contributed by atoms with van der Waals surface area (Å²) in [5, 5.41) is 2.78. The Hall–Kier alpha value is -1.42. The Kier molecular flexibility index (Phi) is 4.43. The molecular formula is C12H17FN2O. The molecule has 0 spiro atoms. The smallest absolute Gasteiger partial charge is 0.237 e. The maximum Gasteiger partial charge on any atom is 0.237 e. The number of nitrogens with one attached hydrogen (secondary N) is 1. The summed E-state index contributed by atoms with van der Waals surface area (Å²) in [5.74, 6) is -0.466. The molecule has 0 radical (unpaired) electrons. The maximum absolute atomic E-state index is 12.7. The van der Waals surface area contributed by atoms with Gasteiger partial charge in [-0.25, -0.2) is 4.39 Å². The molecule has 0 saturated heterocycles. The Morgan fingerprint density at radius 1 is 1.44 bits per heavy atom. The van der Waals surface area contributed by atoms with Crippen molar-refractivity contribution in [3.05, 3.63) is 35.6 Å². The lowest BCUT2D eigenvalue weighted by Crippen LogP contribution is -2.41. The first-order valence-corrected chi connectivity index (χ1v) is 5.36. The largest absolute Gasteiger partial charge is 0.348 e. The lowest BCUT2D eigenvalue weighted by Gasteiger charge is -2.17. The summed E-state index contributed by atoms with van der Waals surface area (Å²) in [6.45, 7) is 3.69. The fourth-order valence-corrected chi connectivity index (χ4v) is 1.34. The molecule has 0 aliphatic carbocycles. The molecule has 3 nitrogen and oxygen atoms in total. The molecule has 0 bridgehead atoms. The third kappa shape index (κ3) is 3.31. The monoisotopic (exact) mass is 224 g/mol. The number of carbonyl (C=O) groups excluding carboxylic acids is 1. The molecule has 88 valence electrons. The van der Waals surface area contributed by atoms with Crippen molar-refractivity contribution in [3.63, 3.8) is 0 Å². The fourth-order valence-electron chi connectivity index (χ4n) is 1.34. The molecule has 2 atom stereocenters. The molecule has 16 heavy (non-hydrogen) atoms. The molecule has 0 saturated carbocycles. The maximum atomic E-state index is 12.7. The van der Waals surface area contributed by atoms with Crippen LogP contribution in [0.25, 0.3) is 0 Å². The summed E-state index contributed by atoms with van der Waals surface area (Å²) in [4.78, 5) is 11.5. The SMILES string of the molecule is CCC(N)C(=O)NC(C)c1ccc(F)cc1. The van der Waals surface area contributed by atoms with Crippen LogP contribution >= 0.6 is 0 Å². The van der Waals surface area contributed by atoms with Gasteiger partial charge in [-0.1, -0.05) is 19.1 Å². The molecule has 2 unspecified atom stereocenters. The van der Waals surface area contributed by atoms with Crippen LogP contribution in [0.2, 0.25) is 0 Å². The molecular weight excluding hydrogens is 207 g/mol. The van der Waals surface area contributed by atoms with Crippen LogP contribution in [0, 0.1) is 5.82 Å². The highest BCUT2D eigenvalue weighted by Crippen LogP contribution is 2.12. The summed E-state index contributed by atoms with van der Waals surface area (Å²) < 4.78 is 12.7. The third-order valence-electron chi connectivity index (χ3n) is 2.51. The number of hydrogen-bond acceptors (Lipinski definition) is 2. The zero-order valence-electron chi connectivity index (χ0n) is 9.53. The molecule has 1 aromatic carbocycles. The Balaban J connectivity index is 2.62. The van der Waals surface area contributed by atoms with Crippen LogP contribution in [0.5, 0.6) is 0 Å². The first kappa shape index (κ1) is 12.6. The van der Waals surface area contributed by atoms with Crippen molar-refractivity contribution in [3.8, 4) is 0 Å². The lowest BCUT2D eigenvalue weighted by molar-refractivity contribution is -0.123. The van der Waals surface area contributed by atoms with Crippen LogP contribution in [-0.2, 0) is 4.79 Å². The van der Waals surface area contributed by atoms with Crippen LogP contribution in [0.15, 0.2) is 24.3 Å². The van der Waals surface area contributed by atoms with Crippen molar-refractivity contribution in [1.29, 1.82) is 0 Å². The third-order valence-corrected chi connectivity index (χ3v) is 2.51. The topological polar surface area (TPSA) is 55.1 Å². The molecule has 3 N–H and O–H groups in total. The van der Waals surface area contributed by atoms with Crippen molar-refractivity contribution >= 4 is 5.91 Å². The van der Waals surface area contributed by atoms with Gasteiger partial charge in [0.15, 0.2) is 0 Å². The summed E-state index contributed by atoms with van der Waals surface area (Å²) in [6.07, 6.45) is 0.599. The average Bonchev–Trinajstić information content (AvgIpc) is 2.28. The number of nitrogens with two attached hydrogens (primary N) is 1. The molecule has 0 heterocycles. The van der Waals surface area contributed by atoms with E-state index in [1.54, 1.807) is 12.1 Å². The quantitative estimate of drug-likeness (QED) is 0.818. The van der Waals surface area contributed by atoms with Crippen LogP contribution in [0.1, 0.15) is 31.9 Å². The van der Waals surface area contributed by atoms with Gasteiger partial charge >= 0.3 is 0 Å². The van der Waals surface area contributed by atoms with Crippen molar-refractivity contribution < 1.29 is 9.18 Å². The Morgan fingerprint density at radius 2 is 2.00 bits per heavy atom. The summed E-state index contributed by atoms with van der Waals surface area (Å²) in [6, 6.07) is 5.40. The normalized spacial score (nSPS) is 14.2. The number of benzene rings is 1. The molecule has 4 heteroatoms. The van der Waals surface area contributed by atoms with Crippen LogP contribution < -0.4 is 11.1 Å². The molecule has 1 rings (SSSR count). The second kappa shape index (κ2) is 5.61. The highest BCUT2D eigenvalue weighted by atomic mass is 19.1. The average molecular weight is 224 g/mol. The highest BCUT2D eigenvalue weighted by molar-refractivity contribution is 5.81. The standard InChI is InChI=1S/C12H17FN2O/c1-3-11(14)12(16)15-8(2)9-4-6-10(13)7-5-9/h4-8,11H,3,14H2,1-2H3,(H,15,16). The van der Waals surface area contributed by atoms with E-state index in [9.17, 15) is 9.18 Å². The van der Waals surface area contributed by atoms with Crippen LogP contribution in [0.3, 0.4) is 0 Å². The fraction of sp³-hybridized carbons (Fsp3) is 0.417. The van der Waals surface area contributed by atoms with E-state index < -0.39 is 6.04 Å². The summed E-state index contributed by atoms with van der Waals surface area (Å²) in [5.41, 5.74) is 6.45. The first-order valence-electron chi connectivity index (χ1n) is 5.36. The van der Waals surface area contributed by atoms with Crippen LogP contribution in [-0.4, -0.2) is 11.9 Å². The van der Waals surface area contributed by atoms with Crippen molar-refractivity contribution in [2.24, 2.45) is 5.73 Å². The van der Waals surface area contributed by atoms with Gasteiger partial charge in [-0.3, -0.25) is 4.79 Å². The molecule has 0 aliphatic rings. The van der Waals surface area contributed by atoms with Crippen molar-refractivity contribution in [1.82, 2.24) is 5.32 Å². The van der Waals surface area contributed by atoms with Crippen molar-refractivity contribution in [2.45, 2.75) is 32.4 Å². The number of carbonyl (C=O) groups is 1. The van der Waals surface area contributed by atoms with E-state index in [0.29, 0.717) is 6.42 Å². The Labute approximate surface area is 94.8 Å². The molecule has 1 amide bonds. The van der Waals surface area contributed by atoms with Gasteiger partial charge in [0.25, 0.3) is 0 Å². The zero-order valence-corrected chi connectivity index (χ0v) is 9.53. The number of hydrogen-bond donors (Lipinski definition) is 2. The van der Waals surface area contributed by atoms with Gasteiger partial charge in [0.2, 0.25) is 5.91 Å². The van der Waals surface area contributed by atoms with E-state index in [-0.39, 0.29) is 17.8 Å². The predicted octanol–water partition coefficient (Wildman–Crippen LogP) is 1.74. The van der Waals surface area contributed by atoms with Crippen LogP contribution in [0.4, 0.5) is 4.39 Å². The number of halogens is 1. The molecule has 0 aliphatic heterocycles. The van der Waals surface area contributed by atoms with Gasteiger partial charge in [-0.05, 0) is 31.0 Å². The molecule has 1 aromatic rings. The molecule has 0 fully saturated rings. The summed E-state index contributed by atoms with van der Waals surface area (Å²) in [7, 11) is 0. The lowest BCUT2D eigenvalue weighted by atomic mass is 10.1. The predicted molar refractivity (Wildman–Crippen MR) is 61.2 cm³/mol. The minimum atomic E-state index is -0.483. The second-order valence-electron chi connectivity index (χ2n) is 3.80. The Morgan fingerprint density at radius 3 is 2.50 bits per heavy atom. The molecule has 0 aromatic heterocycles. The van der Waals surface area contributed by atoms with E-state index in [2.05, 4.69) is 5.32 Å². The number of rotatable bonds is 4. The van der Waals surface area contributed by atoms with Gasteiger partial charge in [0, 0.05) is 0 Å². The summed E-state index contributed by atoms with van der Waals surface area (Å²) >= 11 is 0. The second-order valence-corrected chi connectivity index (χ2v) is 3.80. The van der Waals surface area contributed by atoms with E-state index >= 15 is 0 Å². The van der Waals surface area contributed by atoms with Crippen molar-refractivity contribution in [2.75, 3.05) is 0 Å². The van der Waals surface area contributed by atoms with Gasteiger partial charge in [-0.2, -0.15) is 0 Å². The minimum Gasteiger partial charge on any atom is -0.348 e. The van der Waals surface area contributed by atoms with Gasteiger partial charge in [-0.15, -0.1) is 0 Å². The van der Waals surface area contributed by atoms with Gasteiger partial charge in [0.05, 0.1) is 12.1 Å². The zero-order chi connectivity index (χ0) is 12.1. The van der Waals surface area contributed by atoms with Gasteiger partial charge in [0.1, 0.15) is 5.82 Å². The Bertz CT molecular complexity index is 351. The van der Waals surface area contributed by atoms with E-state index in [0.717, 1.165) is 5.56 Å². The van der Waals surface area contributed by atoms with Gasteiger partial charge < -0.3 is 11.1 Å². The highest BCUT2D eigenvalue weighted by Gasteiger charge is 2.14. The van der Waals surface area contributed by atoms with E-state index in [4.69, 9.17) is 5.73 Å². The minimum absolute atomic E-state index is 0.161. The first-order chi connectivity index (χ1) is 7.54. The number of amides is 1.